The van der Waals surface area contributed by atoms with Crippen LogP contribution in [-0.2, 0) is 6.61 Å². The van der Waals surface area contributed by atoms with Crippen LogP contribution in [-0.4, -0.2) is 12.2 Å². The molecule has 0 aliphatic rings. The van der Waals surface area contributed by atoms with Crippen molar-refractivity contribution in [1.29, 1.82) is 0 Å². The average molecular weight is 252 g/mol. The first-order valence-corrected chi connectivity index (χ1v) is 4.49. The molecular formula is C8H8BrClO2. The maximum Gasteiger partial charge on any atom is 0.120 e. The summed E-state index contributed by atoms with van der Waals surface area (Å²) in [6.07, 6.45) is 0. The lowest BCUT2D eigenvalue weighted by molar-refractivity contribution is 0.281. The van der Waals surface area contributed by atoms with Crippen LogP contribution in [0.5, 0.6) is 5.75 Å². The molecule has 0 saturated carbocycles. The first-order chi connectivity index (χ1) is 5.69. The second-order valence-electron chi connectivity index (χ2n) is 2.24. The van der Waals surface area contributed by atoms with E-state index in [1.807, 2.05) is 0 Å². The fourth-order valence-electron chi connectivity index (χ4n) is 0.851. The Hall–Kier alpha value is -0.250. The van der Waals surface area contributed by atoms with Gasteiger partial charge >= 0.3 is 0 Å². The third kappa shape index (κ3) is 1.91. The third-order valence-corrected chi connectivity index (χ3v) is 2.78. The van der Waals surface area contributed by atoms with Crippen molar-refractivity contribution in [1.82, 2.24) is 0 Å². The molecule has 1 aromatic rings. The molecule has 4 heteroatoms. The number of halogens is 2. The molecule has 0 spiro atoms. The maximum absolute atomic E-state index is 8.90. The van der Waals surface area contributed by atoms with Crippen LogP contribution in [0, 0.1) is 0 Å². The summed E-state index contributed by atoms with van der Waals surface area (Å²) >= 11 is 9.12. The standard InChI is InChI=1S/C8H8BrClO2/c1-12-6-2-5(4-11)8(10)7(9)3-6/h2-3,11H,4H2,1H3. The highest BCUT2D eigenvalue weighted by Gasteiger charge is 2.06. The summed E-state index contributed by atoms with van der Waals surface area (Å²) in [4.78, 5) is 0. The molecule has 1 aromatic carbocycles. The molecule has 0 atom stereocenters. The van der Waals surface area contributed by atoms with Crippen LogP contribution in [0.15, 0.2) is 16.6 Å². The lowest BCUT2D eigenvalue weighted by atomic mass is 10.2. The van der Waals surface area contributed by atoms with Gasteiger partial charge in [0.25, 0.3) is 0 Å². The first kappa shape index (κ1) is 9.84. The molecule has 66 valence electrons. The SMILES string of the molecule is COc1cc(Br)c(Cl)c(CO)c1. The number of hydrogen-bond donors (Lipinski definition) is 1. The Morgan fingerprint density at radius 2 is 2.25 bits per heavy atom. The molecule has 0 aliphatic heterocycles. The molecule has 1 N–H and O–H groups in total. The van der Waals surface area contributed by atoms with Gasteiger partial charge in [0.15, 0.2) is 0 Å². The number of aliphatic hydroxyl groups is 1. The smallest absolute Gasteiger partial charge is 0.120 e. The minimum atomic E-state index is -0.0887. The van der Waals surface area contributed by atoms with Crippen molar-refractivity contribution in [2.75, 3.05) is 7.11 Å². The molecule has 0 aromatic heterocycles. The normalized spacial score (nSPS) is 10.0. The average Bonchev–Trinajstić information content (AvgIpc) is 2.09. The van der Waals surface area contributed by atoms with E-state index in [-0.39, 0.29) is 6.61 Å². The topological polar surface area (TPSA) is 29.5 Å². The van der Waals surface area contributed by atoms with E-state index in [0.29, 0.717) is 16.3 Å². The van der Waals surface area contributed by atoms with Crippen LogP contribution in [0.3, 0.4) is 0 Å². The van der Waals surface area contributed by atoms with Gasteiger partial charge in [0, 0.05) is 10.0 Å². The molecule has 0 radical (unpaired) electrons. The van der Waals surface area contributed by atoms with Gasteiger partial charge in [0.05, 0.1) is 18.7 Å². The minimum absolute atomic E-state index is 0.0887. The van der Waals surface area contributed by atoms with E-state index in [1.54, 1.807) is 19.2 Å². The van der Waals surface area contributed by atoms with E-state index >= 15 is 0 Å². The van der Waals surface area contributed by atoms with Crippen molar-refractivity contribution >= 4 is 27.5 Å². The number of aliphatic hydroxyl groups excluding tert-OH is 1. The fourth-order valence-corrected chi connectivity index (χ4v) is 1.50. The molecule has 0 saturated heterocycles. The van der Waals surface area contributed by atoms with Crippen molar-refractivity contribution in [3.8, 4) is 5.75 Å². The summed E-state index contributed by atoms with van der Waals surface area (Å²) in [5.74, 6) is 0.676. The van der Waals surface area contributed by atoms with E-state index in [0.717, 1.165) is 4.47 Å². The molecule has 2 nitrogen and oxygen atoms in total. The van der Waals surface area contributed by atoms with Gasteiger partial charge in [-0.15, -0.1) is 0 Å². The van der Waals surface area contributed by atoms with Crippen LogP contribution in [0.4, 0.5) is 0 Å². The van der Waals surface area contributed by atoms with Gasteiger partial charge in [-0.2, -0.15) is 0 Å². The molecule has 0 amide bonds. The van der Waals surface area contributed by atoms with Gasteiger partial charge in [-0.05, 0) is 28.1 Å². The van der Waals surface area contributed by atoms with Gasteiger partial charge in [-0.3, -0.25) is 0 Å². The van der Waals surface area contributed by atoms with Gasteiger partial charge in [0.2, 0.25) is 0 Å². The van der Waals surface area contributed by atoms with E-state index in [4.69, 9.17) is 21.4 Å². The van der Waals surface area contributed by atoms with Crippen molar-refractivity contribution in [3.05, 3.63) is 27.2 Å². The first-order valence-electron chi connectivity index (χ1n) is 3.31. The zero-order chi connectivity index (χ0) is 9.14. The molecule has 1 rings (SSSR count). The van der Waals surface area contributed by atoms with Crippen molar-refractivity contribution < 1.29 is 9.84 Å². The van der Waals surface area contributed by atoms with Crippen LogP contribution >= 0.6 is 27.5 Å². The highest BCUT2D eigenvalue weighted by Crippen LogP contribution is 2.30. The number of hydrogen-bond acceptors (Lipinski definition) is 2. The predicted octanol–water partition coefficient (Wildman–Crippen LogP) is 2.60. The minimum Gasteiger partial charge on any atom is -0.497 e. The highest BCUT2D eigenvalue weighted by atomic mass is 79.9. The monoisotopic (exact) mass is 250 g/mol. The van der Waals surface area contributed by atoms with E-state index in [2.05, 4.69) is 15.9 Å². The van der Waals surface area contributed by atoms with E-state index in [1.165, 1.54) is 0 Å². The van der Waals surface area contributed by atoms with Crippen molar-refractivity contribution in [3.63, 3.8) is 0 Å². The van der Waals surface area contributed by atoms with E-state index < -0.39 is 0 Å². The highest BCUT2D eigenvalue weighted by molar-refractivity contribution is 9.10. The Kier molecular flexibility index (Phi) is 3.38. The maximum atomic E-state index is 8.90. The fraction of sp³-hybridized carbons (Fsp3) is 0.250. The molecule has 0 aliphatic carbocycles. The summed E-state index contributed by atoms with van der Waals surface area (Å²) in [6, 6.07) is 3.45. The lowest BCUT2D eigenvalue weighted by Gasteiger charge is -2.06. The van der Waals surface area contributed by atoms with Crippen LogP contribution < -0.4 is 4.74 Å². The number of rotatable bonds is 2. The zero-order valence-electron chi connectivity index (χ0n) is 6.47. The molecule has 0 fully saturated rings. The van der Waals surface area contributed by atoms with E-state index in [9.17, 15) is 0 Å². The summed E-state index contributed by atoms with van der Waals surface area (Å²) in [5.41, 5.74) is 0.655. The summed E-state index contributed by atoms with van der Waals surface area (Å²) in [7, 11) is 1.57. The molecule has 0 unspecified atom stereocenters. The second kappa shape index (κ2) is 4.12. The Labute approximate surface area is 84.2 Å². The van der Waals surface area contributed by atoms with Crippen LogP contribution in [0.2, 0.25) is 5.02 Å². The Morgan fingerprint density at radius 1 is 1.58 bits per heavy atom. The quantitative estimate of drug-likeness (QED) is 0.875. The lowest BCUT2D eigenvalue weighted by Crippen LogP contribution is -1.89. The summed E-state index contributed by atoms with van der Waals surface area (Å²) < 4.78 is 5.72. The zero-order valence-corrected chi connectivity index (χ0v) is 8.82. The number of benzene rings is 1. The summed E-state index contributed by atoms with van der Waals surface area (Å²) in [6.45, 7) is -0.0887. The Balaban J connectivity index is 3.19. The summed E-state index contributed by atoms with van der Waals surface area (Å²) in [5, 5.41) is 9.43. The van der Waals surface area contributed by atoms with Gasteiger partial charge < -0.3 is 9.84 Å². The number of methoxy groups -OCH3 is 1. The molecular weight excluding hydrogens is 243 g/mol. The Morgan fingerprint density at radius 3 is 2.75 bits per heavy atom. The van der Waals surface area contributed by atoms with Gasteiger partial charge in [-0.25, -0.2) is 0 Å². The largest absolute Gasteiger partial charge is 0.497 e. The number of ether oxygens (including phenoxy) is 1. The molecule has 0 heterocycles. The molecule has 0 bridgehead atoms. The van der Waals surface area contributed by atoms with Crippen LogP contribution in [0.1, 0.15) is 5.56 Å². The predicted molar refractivity (Wildman–Crippen MR) is 51.6 cm³/mol. The van der Waals surface area contributed by atoms with Gasteiger partial charge in [0.1, 0.15) is 5.75 Å². The Bertz CT molecular complexity index is 289. The molecule has 12 heavy (non-hydrogen) atoms. The van der Waals surface area contributed by atoms with Crippen molar-refractivity contribution in [2.45, 2.75) is 6.61 Å². The van der Waals surface area contributed by atoms with Crippen LogP contribution in [0.25, 0.3) is 0 Å². The third-order valence-electron chi connectivity index (χ3n) is 1.48. The van der Waals surface area contributed by atoms with Crippen molar-refractivity contribution in [2.24, 2.45) is 0 Å². The van der Waals surface area contributed by atoms with Gasteiger partial charge in [-0.1, -0.05) is 11.6 Å². The second-order valence-corrected chi connectivity index (χ2v) is 3.47.